The summed E-state index contributed by atoms with van der Waals surface area (Å²) in [5.41, 5.74) is 2.33. The van der Waals surface area contributed by atoms with Crippen molar-refractivity contribution in [1.29, 1.82) is 0 Å². The van der Waals surface area contributed by atoms with Crippen molar-refractivity contribution in [3.05, 3.63) is 70.2 Å². The molecule has 0 radical (unpaired) electrons. The van der Waals surface area contributed by atoms with Crippen LogP contribution in [0.15, 0.2) is 53.8 Å². The Morgan fingerprint density at radius 1 is 1.26 bits per heavy atom. The maximum absolute atomic E-state index is 13.6. The number of nitrogens with zero attached hydrogens (tertiary/aromatic N) is 4. The van der Waals surface area contributed by atoms with Crippen LogP contribution in [0.4, 0.5) is 4.39 Å². The first-order valence-electron chi connectivity index (χ1n) is 8.12. The lowest BCUT2D eigenvalue weighted by Crippen LogP contribution is -2.20. The zero-order valence-corrected chi connectivity index (χ0v) is 15.0. The van der Waals surface area contributed by atoms with Crippen LogP contribution in [0.5, 0.6) is 0 Å². The summed E-state index contributed by atoms with van der Waals surface area (Å²) in [7, 11) is 1.80. The van der Waals surface area contributed by atoms with E-state index in [4.69, 9.17) is 11.6 Å². The molecule has 0 aliphatic heterocycles. The van der Waals surface area contributed by atoms with Crippen molar-refractivity contribution in [2.75, 3.05) is 0 Å². The highest BCUT2D eigenvalue weighted by molar-refractivity contribution is 6.31. The largest absolute Gasteiger partial charge is 0.313 e. The molecule has 0 bridgehead atoms. The number of rotatable bonds is 4. The Balaban J connectivity index is 2.07. The van der Waals surface area contributed by atoms with Gasteiger partial charge in [-0.05, 0) is 23.8 Å². The average Bonchev–Trinajstić information content (AvgIpc) is 3.24. The van der Waals surface area contributed by atoms with Crippen LogP contribution >= 0.6 is 11.6 Å². The van der Waals surface area contributed by atoms with Crippen molar-refractivity contribution >= 4 is 28.8 Å². The molecule has 27 heavy (non-hydrogen) atoms. The van der Waals surface area contributed by atoms with E-state index in [1.807, 2.05) is 10.8 Å². The zero-order valence-electron chi connectivity index (χ0n) is 14.3. The van der Waals surface area contributed by atoms with E-state index in [1.165, 1.54) is 16.7 Å². The lowest BCUT2D eigenvalue weighted by atomic mass is 10.1. The van der Waals surface area contributed by atoms with E-state index in [-0.39, 0.29) is 17.1 Å². The molecule has 3 aromatic heterocycles. The molecule has 0 amide bonds. The SMILES string of the molecule is Cn1cc(-n2cc(-c3ccc(F)c(Cl)c3)c3c(=O)n(CC=O)ccc32)cn1. The predicted octanol–water partition coefficient (Wildman–Crippen LogP) is 3.18. The summed E-state index contributed by atoms with van der Waals surface area (Å²) in [6.07, 6.45) is 7.53. The van der Waals surface area contributed by atoms with Crippen molar-refractivity contribution in [2.24, 2.45) is 7.05 Å². The predicted molar refractivity (Wildman–Crippen MR) is 101 cm³/mol. The van der Waals surface area contributed by atoms with Crippen molar-refractivity contribution in [1.82, 2.24) is 18.9 Å². The molecule has 4 rings (SSSR count). The number of benzene rings is 1. The van der Waals surface area contributed by atoms with Gasteiger partial charge in [0.05, 0.1) is 34.4 Å². The quantitative estimate of drug-likeness (QED) is 0.508. The van der Waals surface area contributed by atoms with E-state index in [1.54, 1.807) is 42.5 Å². The van der Waals surface area contributed by atoms with Gasteiger partial charge in [-0.3, -0.25) is 9.48 Å². The van der Waals surface area contributed by atoms with Gasteiger partial charge in [0, 0.05) is 31.2 Å². The molecule has 136 valence electrons. The molecular weight excluding hydrogens is 371 g/mol. The van der Waals surface area contributed by atoms with Crippen molar-refractivity contribution in [2.45, 2.75) is 6.54 Å². The lowest BCUT2D eigenvalue weighted by molar-refractivity contribution is -0.108. The van der Waals surface area contributed by atoms with Gasteiger partial charge in [0.25, 0.3) is 5.56 Å². The third-order valence-corrected chi connectivity index (χ3v) is 4.69. The van der Waals surface area contributed by atoms with E-state index in [2.05, 4.69) is 5.10 Å². The summed E-state index contributed by atoms with van der Waals surface area (Å²) in [6, 6.07) is 6.08. The van der Waals surface area contributed by atoms with Crippen molar-refractivity contribution in [3.8, 4) is 16.8 Å². The van der Waals surface area contributed by atoms with Crippen LogP contribution in [0.2, 0.25) is 5.02 Å². The van der Waals surface area contributed by atoms with Crippen molar-refractivity contribution < 1.29 is 9.18 Å². The number of pyridine rings is 1. The van der Waals surface area contributed by atoms with Gasteiger partial charge in [0.1, 0.15) is 12.1 Å². The second kappa shape index (κ2) is 6.51. The highest BCUT2D eigenvalue weighted by atomic mass is 35.5. The number of halogens is 2. The minimum atomic E-state index is -0.533. The normalized spacial score (nSPS) is 11.2. The van der Waals surface area contributed by atoms with Gasteiger partial charge < -0.3 is 13.9 Å². The number of aromatic nitrogens is 4. The fourth-order valence-corrected chi connectivity index (χ4v) is 3.32. The second-order valence-corrected chi connectivity index (χ2v) is 6.52. The van der Waals surface area contributed by atoms with E-state index >= 15 is 0 Å². The fraction of sp³-hybridized carbons (Fsp3) is 0.105. The number of aryl methyl sites for hydroxylation is 1. The summed E-state index contributed by atoms with van der Waals surface area (Å²) in [6.45, 7) is -0.0452. The molecule has 0 N–H and O–H groups in total. The Morgan fingerprint density at radius 3 is 2.74 bits per heavy atom. The molecular formula is C19H14ClFN4O2. The molecule has 6 nitrogen and oxygen atoms in total. The van der Waals surface area contributed by atoms with Gasteiger partial charge >= 0.3 is 0 Å². The van der Waals surface area contributed by atoms with E-state index in [0.717, 1.165) is 5.69 Å². The molecule has 4 aromatic rings. The van der Waals surface area contributed by atoms with Gasteiger partial charge in [0.2, 0.25) is 0 Å². The summed E-state index contributed by atoms with van der Waals surface area (Å²) in [5, 5.41) is 4.57. The number of aldehydes is 1. The van der Waals surface area contributed by atoms with Gasteiger partial charge in [-0.2, -0.15) is 5.10 Å². The van der Waals surface area contributed by atoms with Crippen LogP contribution < -0.4 is 5.56 Å². The Hall–Kier alpha value is -3.19. The summed E-state index contributed by atoms with van der Waals surface area (Å²) < 4.78 is 18.4. The number of carbonyl (C=O) groups excluding carboxylic acids is 1. The zero-order chi connectivity index (χ0) is 19.1. The molecule has 0 aliphatic carbocycles. The van der Waals surface area contributed by atoms with Gasteiger partial charge in [0.15, 0.2) is 0 Å². The highest BCUT2D eigenvalue weighted by Gasteiger charge is 2.17. The summed E-state index contributed by atoms with van der Waals surface area (Å²) in [4.78, 5) is 23.9. The van der Waals surface area contributed by atoms with Crippen LogP contribution in [0.25, 0.3) is 27.7 Å². The number of hydrogen-bond acceptors (Lipinski definition) is 3. The molecule has 0 saturated carbocycles. The van der Waals surface area contributed by atoms with Gasteiger partial charge in [-0.1, -0.05) is 17.7 Å². The van der Waals surface area contributed by atoms with Crippen LogP contribution in [0, 0.1) is 5.82 Å². The summed E-state index contributed by atoms with van der Waals surface area (Å²) in [5.74, 6) is -0.533. The molecule has 1 aromatic carbocycles. The third-order valence-electron chi connectivity index (χ3n) is 4.40. The van der Waals surface area contributed by atoms with Gasteiger partial charge in [-0.25, -0.2) is 4.39 Å². The van der Waals surface area contributed by atoms with E-state index in [0.29, 0.717) is 28.3 Å². The third kappa shape index (κ3) is 2.86. The topological polar surface area (TPSA) is 61.8 Å². The van der Waals surface area contributed by atoms with Crippen LogP contribution in [-0.4, -0.2) is 25.2 Å². The minimum absolute atomic E-state index is 0.0288. The molecule has 0 aliphatic rings. The molecule has 8 heteroatoms. The number of carbonyl (C=O) groups is 1. The average molecular weight is 385 g/mol. The Kier molecular flexibility index (Phi) is 4.16. The summed E-state index contributed by atoms with van der Waals surface area (Å²) >= 11 is 5.94. The Morgan fingerprint density at radius 2 is 2.07 bits per heavy atom. The monoisotopic (exact) mass is 384 g/mol. The van der Waals surface area contributed by atoms with Crippen LogP contribution in [0.1, 0.15) is 0 Å². The van der Waals surface area contributed by atoms with Crippen molar-refractivity contribution in [3.63, 3.8) is 0 Å². The first-order chi connectivity index (χ1) is 13.0. The maximum Gasteiger partial charge on any atom is 0.261 e. The first-order valence-corrected chi connectivity index (χ1v) is 8.50. The van der Waals surface area contributed by atoms with Crippen LogP contribution in [-0.2, 0) is 18.4 Å². The lowest BCUT2D eigenvalue weighted by Gasteiger charge is -2.04. The van der Waals surface area contributed by atoms with Crippen LogP contribution in [0.3, 0.4) is 0 Å². The molecule has 0 fully saturated rings. The van der Waals surface area contributed by atoms with E-state index in [9.17, 15) is 14.0 Å². The fourth-order valence-electron chi connectivity index (χ4n) is 3.13. The molecule has 0 unspecified atom stereocenters. The number of hydrogen-bond donors (Lipinski definition) is 0. The molecule has 3 heterocycles. The van der Waals surface area contributed by atoms with E-state index < -0.39 is 5.82 Å². The molecule has 0 saturated heterocycles. The maximum atomic E-state index is 13.6. The Labute approximate surface area is 158 Å². The first kappa shape index (κ1) is 17.2. The molecule has 0 atom stereocenters. The minimum Gasteiger partial charge on any atom is -0.313 e. The standard InChI is InChI=1S/C19H14ClFN4O2/c1-23-10-13(9-22-23)25-11-14(12-2-3-16(21)15(20)8-12)18-17(25)4-5-24(6-7-26)19(18)27/h2-5,7-11H,6H2,1H3. The van der Waals surface area contributed by atoms with Gasteiger partial charge in [-0.15, -0.1) is 0 Å². The molecule has 0 spiro atoms. The smallest absolute Gasteiger partial charge is 0.261 e. The highest BCUT2D eigenvalue weighted by Crippen LogP contribution is 2.32. The number of fused-ring (bicyclic) bond motifs is 1. The Bertz CT molecular complexity index is 1240. The second-order valence-electron chi connectivity index (χ2n) is 6.11.